The van der Waals surface area contributed by atoms with Crippen LogP contribution in [0, 0.1) is 0 Å². The predicted octanol–water partition coefficient (Wildman–Crippen LogP) is 0.213. The Bertz CT molecular complexity index is 835. The maximum atomic E-state index is 5.65. The van der Waals surface area contributed by atoms with Crippen molar-refractivity contribution in [3.63, 3.8) is 0 Å². The first-order chi connectivity index (χ1) is 14.6. The Morgan fingerprint density at radius 2 is 1.17 bits per heavy atom. The fraction of sp³-hybridized carbons (Fsp3) is 0.478. The van der Waals surface area contributed by atoms with E-state index < -0.39 is 0 Å². The lowest BCUT2D eigenvalue weighted by Crippen LogP contribution is -3.27. The molecule has 0 spiro atoms. The SMILES string of the molecule is COc1ccc(C[NH+]2CC[NH+](Cc3ccc(OC)c(OC)c3OC)CC2)c(OC)c1. The Morgan fingerprint density at radius 1 is 0.600 bits per heavy atom. The molecule has 0 saturated carbocycles. The van der Waals surface area contributed by atoms with Gasteiger partial charge >= 0.3 is 0 Å². The molecule has 0 amide bonds. The topological polar surface area (TPSA) is 55.0 Å². The zero-order valence-electron chi connectivity index (χ0n) is 18.7. The number of rotatable bonds is 9. The van der Waals surface area contributed by atoms with Crippen LogP contribution in [-0.2, 0) is 13.1 Å². The van der Waals surface area contributed by atoms with Gasteiger partial charge in [0.05, 0.1) is 41.1 Å². The van der Waals surface area contributed by atoms with Gasteiger partial charge in [-0.1, -0.05) is 0 Å². The van der Waals surface area contributed by atoms with Gasteiger partial charge in [-0.2, -0.15) is 0 Å². The Morgan fingerprint density at radius 3 is 1.70 bits per heavy atom. The third-order valence-electron chi connectivity index (χ3n) is 5.83. The van der Waals surface area contributed by atoms with Crippen molar-refractivity contribution in [1.29, 1.82) is 0 Å². The molecule has 7 heteroatoms. The Hall–Kier alpha value is -2.64. The molecule has 0 radical (unpaired) electrons. The molecular formula is C23H34N2O5+2. The lowest BCUT2D eigenvalue weighted by molar-refractivity contribution is -1.02. The summed E-state index contributed by atoms with van der Waals surface area (Å²) in [6.45, 7) is 6.29. The molecule has 0 bridgehead atoms. The van der Waals surface area contributed by atoms with Crippen molar-refractivity contribution in [2.45, 2.75) is 13.1 Å². The van der Waals surface area contributed by atoms with Crippen LogP contribution in [-0.4, -0.2) is 61.7 Å². The van der Waals surface area contributed by atoms with E-state index in [1.165, 1.54) is 5.56 Å². The molecule has 1 aliphatic rings. The molecule has 1 heterocycles. The van der Waals surface area contributed by atoms with Crippen molar-refractivity contribution in [2.75, 3.05) is 61.7 Å². The number of benzene rings is 2. The van der Waals surface area contributed by atoms with E-state index in [4.69, 9.17) is 23.7 Å². The summed E-state index contributed by atoms with van der Waals surface area (Å²) < 4.78 is 27.4. The summed E-state index contributed by atoms with van der Waals surface area (Å²) in [6.07, 6.45) is 0. The summed E-state index contributed by atoms with van der Waals surface area (Å²) in [5.74, 6) is 3.83. The van der Waals surface area contributed by atoms with Gasteiger partial charge in [0.15, 0.2) is 11.5 Å². The average Bonchev–Trinajstić information content (AvgIpc) is 2.80. The van der Waals surface area contributed by atoms with Crippen LogP contribution in [0.1, 0.15) is 11.1 Å². The smallest absolute Gasteiger partial charge is 0.203 e. The fourth-order valence-corrected chi connectivity index (χ4v) is 4.15. The molecule has 2 aromatic carbocycles. The van der Waals surface area contributed by atoms with Crippen LogP contribution in [0.4, 0.5) is 0 Å². The quantitative estimate of drug-likeness (QED) is 0.610. The van der Waals surface area contributed by atoms with Crippen LogP contribution < -0.4 is 33.5 Å². The van der Waals surface area contributed by atoms with E-state index in [2.05, 4.69) is 12.1 Å². The van der Waals surface area contributed by atoms with Gasteiger partial charge in [-0.3, -0.25) is 0 Å². The first kappa shape index (κ1) is 22.1. The second kappa shape index (κ2) is 10.4. The third kappa shape index (κ3) is 4.91. The van der Waals surface area contributed by atoms with E-state index in [0.29, 0.717) is 11.5 Å². The summed E-state index contributed by atoms with van der Waals surface area (Å²) in [5, 5.41) is 0. The van der Waals surface area contributed by atoms with Crippen molar-refractivity contribution >= 4 is 0 Å². The van der Waals surface area contributed by atoms with Gasteiger partial charge in [-0.15, -0.1) is 0 Å². The molecule has 1 saturated heterocycles. The number of hydrogen-bond donors (Lipinski definition) is 2. The van der Waals surface area contributed by atoms with Crippen molar-refractivity contribution in [2.24, 2.45) is 0 Å². The molecule has 3 rings (SSSR count). The lowest BCUT2D eigenvalue weighted by atomic mass is 10.1. The van der Waals surface area contributed by atoms with Crippen LogP contribution in [0.5, 0.6) is 28.7 Å². The molecule has 164 valence electrons. The molecule has 7 nitrogen and oxygen atoms in total. The Labute approximate surface area is 179 Å². The van der Waals surface area contributed by atoms with Crippen molar-refractivity contribution in [1.82, 2.24) is 0 Å². The minimum Gasteiger partial charge on any atom is -0.497 e. The van der Waals surface area contributed by atoms with Gasteiger partial charge < -0.3 is 33.5 Å². The van der Waals surface area contributed by atoms with E-state index in [-0.39, 0.29) is 0 Å². The summed E-state index contributed by atoms with van der Waals surface area (Å²) in [6, 6.07) is 10.1. The summed E-state index contributed by atoms with van der Waals surface area (Å²) >= 11 is 0. The number of quaternary nitrogens is 2. The lowest BCUT2D eigenvalue weighted by Gasteiger charge is -2.30. The van der Waals surface area contributed by atoms with Crippen LogP contribution in [0.2, 0.25) is 0 Å². The van der Waals surface area contributed by atoms with Gasteiger partial charge in [-0.05, 0) is 24.3 Å². The highest BCUT2D eigenvalue weighted by atomic mass is 16.5. The first-order valence-corrected chi connectivity index (χ1v) is 10.3. The normalized spacial score (nSPS) is 18.6. The maximum Gasteiger partial charge on any atom is 0.203 e. The van der Waals surface area contributed by atoms with E-state index in [0.717, 1.165) is 62.1 Å². The number of methoxy groups -OCH3 is 5. The van der Waals surface area contributed by atoms with Gasteiger partial charge in [0, 0.05) is 11.6 Å². The third-order valence-corrected chi connectivity index (χ3v) is 5.83. The zero-order chi connectivity index (χ0) is 21.5. The molecule has 1 fully saturated rings. The van der Waals surface area contributed by atoms with E-state index >= 15 is 0 Å². The molecule has 2 N–H and O–H groups in total. The molecule has 0 aliphatic carbocycles. The maximum absolute atomic E-state index is 5.65. The number of piperazine rings is 1. The van der Waals surface area contributed by atoms with Crippen LogP contribution >= 0.6 is 0 Å². The standard InChI is InChI=1S/C23H32N2O5/c1-26-19-8-6-17(21(14-19)28-3)15-24-10-12-25(13-11-24)16-18-7-9-20(27-2)23(30-5)22(18)29-4/h6-9,14H,10-13,15-16H2,1-5H3/p+2. The van der Waals surface area contributed by atoms with Gasteiger partial charge in [0.2, 0.25) is 5.75 Å². The minimum atomic E-state index is 0.660. The fourth-order valence-electron chi connectivity index (χ4n) is 4.15. The van der Waals surface area contributed by atoms with E-state index in [1.807, 2.05) is 18.2 Å². The molecular weight excluding hydrogens is 384 g/mol. The van der Waals surface area contributed by atoms with Crippen LogP contribution in [0.15, 0.2) is 30.3 Å². The zero-order valence-corrected chi connectivity index (χ0v) is 18.7. The van der Waals surface area contributed by atoms with Crippen molar-refractivity contribution < 1.29 is 33.5 Å². The van der Waals surface area contributed by atoms with Gasteiger partial charge in [0.25, 0.3) is 0 Å². The van der Waals surface area contributed by atoms with E-state index in [1.54, 1.807) is 45.3 Å². The van der Waals surface area contributed by atoms with Gasteiger partial charge in [-0.25, -0.2) is 0 Å². The van der Waals surface area contributed by atoms with Crippen LogP contribution in [0.3, 0.4) is 0 Å². The highest BCUT2D eigenvalue weighted by Crippen LogP contribution is 2.39. The highest BCUT2D eigenvalue weighted by Gasteiger charge is 2.26. The second-order valence-corrected chi connectivity index (χ2v) is 7.52. The molecule has 1 aliphatic heterocycles. The number of ether oxygens (including phenoxy) is 5. The summed E-state index contributed by atoms with van der Waals surface area (Å²) in [5.41, 5.74) is 2.36. The van der Waals surface area contributed by atoms with Crippen molar-refractivity contribution in [3.05, 3.63) is 41.5 Å². The average molecular weight is 419 g/mol. The largest absolute Gasteiger partial charge is 0.497 e. The summed E-state index contributed by atoms with van der Waals surface area (Å²) in [4.78, 5) is 3.12. The molecule has 0 unspecified atom stereocenters. The highest BCUT2D eigenvalue weighted by molar-refractivity contribution is 5.55. The van der Waals surface area contributed by atoms with Crippen LogP contribution in [0.25, 0.3) is 0 Å². The number of nitrogens with one attached hydrogen (secondary N) is 2. The monoisotopic (exact) mass is 418 g/mol. The molecule has 0 aromatic heterocycles. The van der Waals surface area contributed by atoms with Crippen molar-refractivity contribution in [3.8, 4) is 28.7 Å². The Kier molecular flexibility index (Phi) is 7.65. The Balaban J connectivity index is 1.62. The molecule has 30 heavy (non-hydrogen) atoms. The second-order valence-electron chi connectivity index (χ2n) is 7.52. The van der Waals surface area contributed by atoms with E-state index in [9.17, 15) is 0 Å². The predicted molar refractivity (Wildman–Crippen MR) is 114 cm³/mol. The minimum absolute atomic E-state index is 0.660. The first-order valence-electron chi connectivity index (χ1n) is 10.3. The summed E-state index contributed by atoms with van der Waals surface area (Å²) in [7, 11) is 8.36. The number of hydrogen-bond acceptors (Lipinski definition) is 5. The molecule has 2 aromatic rings. The molecule has 0 atom stereocenters. The van der Waals surface area contributed by atoms with Gasteiger partial charge in [0.1, 0.15) is 50.8 Å².